The summed E-state index contributed by atoms with van der Waals surface area (Å²) >= 11 is 0. The SMILES string of the molecule is CN1Cc2ccc(-c3ccc(CC(C#N)NC(=O)[C@]4(C(C)(C)C)CN(C(=O)OC(C)(C)C)CCCO4)c(F)c3)cc2C1=O. The monoisotopic (exact) mass is 592 g/mol. The molecule has 0 bridgehead atoms. The smallest absolute Gasteiger partial charge is 0.410 e. The van der Waals surface area contributed by atoms with Crippen molar-refractivity contribution in [3.05, 3.63) is 58.9 Å². The van der Waals surface area contributed by atoms with Crippen molar-refractivity contribution in [3.8, 4) is 17.2 Å². The summed E-state index contributed by atoms with van der Waals surface area (Å²) in [6.07, 6.45) is -0.102. The van der Waals surface area contributed by atoms with Gasteiger partial charge >= 0.3 is 6.09 Å². The van der Waals surface area contributed by atoms with E-state index in [0.717, 1.165) is 5.56 Å². The first-order valence-electron chi connectivity index (χ1n) is 14.5. The van der Waals surface area contributed by atoms with Gasteiger partial charge in [-0.15, -0.1) is 0 Å². The molecule has 0 saturated carbocycles. The highest BCUT2D eigenvalue weighted by Crippen LogP contribution is 2.37. The van der Waals surface area contributed by atoms with Crippen LogP contribution in [0.25, 0.3) is 11.1 Å². The lowest BCUT2D eigenvalue weighted by Gasteiger charge is -2.44. The topological polar surface area (TPSA) is 112 Å². The lowest BCUT2D eigenvalue weighted by atomic mass is 9.75. The molecule has 3 amide bonds. The van der Waals surface area contributed by atoms with Crippen molar-refractivity contribution in [2.24, 2.45) is 5.41 Å². The van der Waals surface area contributed by atoms with E-state index in [-0.39, 0.29) is 31.0 Å². The zero-order valence-corrected chi connectivity index (χ0v) is 26.0. The maximum Gasteiger partial charge on any atom is 0.410 e. The van der Waals surface area contributed by atoms with Crippen LogP contribution in [0, 0.1) is 22.6 Å². The van der Waals surface area contributed by atoms with Crippen LogP contribution in [0.15, 0.2) is 36.4 Å². The molecular formula is C33H41FN4O5. The third kappa shape index (κ3) is 6.83. The number of nitriles is 1. The quantitative estimate of drug-likeness (QED) is 0.519. The number of ether oxygens (including phenoxy) is 2. The molecule has 1 fully saturated rings. The summed E-state index contributed by atoms with van der Waals surface area (Å²) in [5.74, 6) is -1.14. The Bertz CT molecular complexity index is 1450. The Hall–Kier alpha value is -3.97. The summed E-state index contributed by atoms with van der Waals surface area (Å²) in [7, 11) is 1.74. The van der Waals surface area contributed by atoms with Gasteiger partial charge < -0.3 is 24.6 Å². The summed E-state index contributed by atoms with van der Waals surface area (Å²) in [5.41, 5.74) is 0.162. The Morgan fingerprint density at radius 1 is 1.14 bits per heavy atom. The molecule has 2 heterocycles. The van der Waals surface area contributed by atoms with E-state index in [9.17, 15) is 19.6 Å². The van der Waals surface area contributed by atoms with Gasteiger partial charge in [0.15, 0.2) is 5.60 Å². The fourth-order valence-corrected chi connectivity index (χ4v) is 5.45. The lowest BCUT2D eigenvalue weighted by Crippen LogP contribution is -2.63. The van der Waals surface area contributed by atoms with Gasteiger partial charge in [-0.05, 0) is 61.6 Å². The first-order valence-corrected chi connectivity index (χ1v) is 14.5. The van der Waals surface area contributed by atoms with Crippen LogP contribution in [-0.4, -0.2) is 71.7 Å². The summed E-state index contributed by atoms with van der Waals surface area (Å²) in [6.45, 7) is 11.9. The van der Waals surface area contributed by atoms with Crippen LogP contribution in [0.3, 0.4) is 0 Å². The van der Waals surface area contributed by atoms with Gasteiger partial charge in [0.2, 0.25) is 0 Å². The molecule has 2 aliphatic rings. The van der Waals surface area contributed by atoms with Crippen LogP contribution in [0.4, 0.5) is 9.18 Å². The van der Waals surface area contributed by atoms with E-state index in [4.69, 9.17) is 9.47 Å². The lowest BCUT2D eigenvalue weighted by molar-refractivity contribution is -0.165. The van der Waals surface area contributed by atoms with E-state index in [1.165, 1.54) is 11.0 Å². The number of nitrogens with one attached hydrogen (secondary N) is 1. The minimum Gasteiger partial charge on any atom is -0.444 e. The molecular weight excluding hydrogens is 551 g/mol. The number of halogens is 1. The van der Waals surface area contributed by atoms with Crippen molar-refractivity contribution in [2.45, 2.75) is 78.2 Å². The molecule has 0 radical (unpaired) electrons. The highest BCUT2D eigenvalue weighted by Gasteiger charge is 2.53. The largest absolute Gasteiger partial charge is 0.444 e. The molecule has 2 aromatic carbocycles. The fourth-order valence-electron chi connectivity index (χ4n) is 5.45. The number of hydrogen-bond acceptors (Lipinski definition) is 6. The third-order valence-corrected chi connectivity index (χ3v) is 7.93. The molecule has 2 atom stereocenters. The van der Waals surface area contributed by atoms with Gasteiger partial charge in [0.05, 0.1) is 12.6 Å². The fraction of sp³-hybridized carbons (Fsp3) is 0.515. The number of carbonyl (C=O) groups is 3. The zero-order chi connectivity index (χ0) is 31.7. The van der Waals surface area contributed by atoms with Crippen molar-refractivity contribution in [3.63, 3.8) is 0 Å². The predicted octanol–water partition coefficient (Wildman–Crippen LogP) is 5.07. The molecule has 1 N–H and O–H groups in total. The number of carbonyl (C=O) groups excluding carboxylic acids is 3. The summed E-state index contributed by atoms with van der Waals surface area (Å²) in [6, 6.07) is 11.2. The van der Waals surface area contributed by atoms with E-state index < -0.39 is 40.5 Å². The average Bonchev–Trinajstić information content (AvgIpc) is 3.07. The second-order valence-electron chi connectivity index (χ2n) is 13.4. The highest BCUT2D eigenvalue weighted by atomic mass is 19.1. The second kappa shape index (κ2) is 12.0. The van der Waals surface area contributed by atoms with Crippen LogP contribution in [-0.2, 0) is 27.2 Å². The van der Waals surface area contributed by atoms with Crippen molar-refractivity contribution in [2.75, 3.05) is 26.7 Å². The van der Waals surface area contributed by atoms with Gasteiger partial charge in [0, 0.05) is 44.1 Å². The number of hydrogen-bond donors (Lipinski definition) is 1. The van der Waals surface area contributed by atoms with Gasteiger partial charge in [0.1, 0.15) is 17.5 Å². The predicted molar refractivity (Wildman–Crippen MR) is 159 cm³/mol. The van der Waals surface area contributed by atoms with Crippen molar-refractivity contribution < 1.29 is 28.2 Å². The van der Waals surface area contributed by atoms with Crippen LogP contribution in [0.1, 0.15) is 69.4 Å². The Labute approximate surface area is 252 Å². The van der Waals surface area contributed by atoms with Crippen LogP contribution in [0.5, 0.6) is 0 Å². The van der Waals surface area contributed by atoms with Gasteiger partial charge in [-0.3, -0.25) is 9.59 Å². The molecule has 4 rings (SSSR count). The van der Waals surface area contributed by atoms with Crippen LogP contribution in [0.2, 0.25) is 0 Å². The standard InChI is InChI=1S/C33H41FN4O5/c1-31(2,3)33(20-38(13-8-14-42-33)30(41)43-32(4,5)6)29(40)36-25(18-35)15-23-11-9-22(17-27(23)34)21-10-12-24-19-37(7)28(39)26(24)16-21/h9-12,16-17,25H,8,13-15,19-20H2,1-7H3,(H,36,40)/t25?,33-/m0/s1. The van der Waals surface area contributed by atoms with Gasteiger partial charge in [-0.25, -0.2) is 9.18 Å². The van der Waals surface area contributed by atoms with Gasteiger partial charge in [0.25, 0.3) is 11.8 Å². The minimum atomic E-state index is -1.48. The summed E-state index contributed by atoms with van der Waals surface area (Å²) in [5, 5.41) is 12.7. The first kappa shape index (κ1) is 32.0. The van der Waals surface area contributed by atoms with Crippen LogP contribution < -0.4 is 5.32 Å². The summed E-state index contributed by atoms with van der Waals surface area (Å²) in [4.78, 5) is 42.4. The Kier molecular flexibility index (Phi) is 8.89. The average molecular weight is 593 g/mol. The molecule has 0 spiro atoms. The number of rotatable bonds is 5. The zero-order valence-electron chi connectivity index (χ0n) is 26.0. The molecule has 1 saturated heterocycles. The first-order chi connectivity index (χ1) is 20.0. The Morgan fingerprint density at radius 2 is 1.81 bits per heavy atom. The van der Waals surface area contributed by atoms with E-state index in [1.807, 2.05) is 32.9 Å². The Balaban J connectivity index is 1.53. The van der Waals surface area contributed by atoms with E-state index in [2.05, 4.69) is 11.4 Å². The molecule has 230 valence electrons. The maximum absolute atomic E-state index is 15.4. The molecule has 43 heavy (non-hydrogen) atoms. The third-order valence-electron chi connectivity index (χ3n) is 7.93. The minimum absolute atomic E-state index is 0.0580. The van der Waals surface area contributed by atoms with E-state index >= 15 is 4.39 Å². The normalized spacial score (nSPS) is 19.7. The maximum atomic E-state index is 15.4. The molecule has 9 nitrogen and oxygen atoms in total. The molecule has 10 heteroatoms. The number of nitrogens with zero attached hydrogens (tertiary/aromatic N) is 3. The summed E-state index contributed by atoms with van der Waals surface area (Å²) < 4.78 is 27.1. The highest BCUT2D eigenvalue weighted by molar-refractivity contribution is 5.99. The Morgan fingerprint density at radius 3 is 2.44 bits per heavy atom. The number of benzene rings is 2. The van der Waals surface area contributed by atoms with Gasteiger partial charge in [-0.2, -0.15) is 5.26 Å². The van der Waals surface area contributed by atoms with Crippen LogP contribution >= 0.6 is 0 Å². The molecule has 2 aromatic rings. The second-order valence-corrected chi connectivity index (χ2v) is 13.4. The number of amides is 3. The van der Waals surface area contributed by atoms with Crippen molar-refractivity contribution in [1.82, 2.24) is 15.1 Å². The number of fused-ring (bicyclic) bond motifs is 1. The molecule has 2 aliphatic heterocycles. The van der Waals surface area contributed by atoms with E-state index in [0.29, 0.717) is 36.2 Å². The van der Waals surface area contributed by atoms with E-state index in [1.54, 1.807) is 50.9 Å². The molecule has 1 unspecified atom stereocenters. The van der Waals surface area contributed by atoms with Gasteiger partial charge in [-0.1, -0.05) is 45.0 Å². The molecule has 0 aliphatic carbocycles. The van der Waals surface area contributed by atoms with Crippen molar-refractivity contribution >= 4 is 17.9 Å². The van der Waals surface area contributed by atoms with Crippen molar-refractivity contribution in [1.29, 1.82) is 5.26 Å². The molecule has 0 aromatic heterocycles.